The van der Waals surface area contributed by atoms with E-state index in [0.29, 0.717) is 33.9 Å². The van der Waals surface area contributed by atoms with Crippen LogP contribution in [-0.2, 0) is 26.2 Å². The molecule has 4 aliphatic rings. The molecule has 246 valence electrons. The van der Waals surface area contributed by atoms with E-state index in [4.69, 9.17) is 16.7 Å². The smallest absolute Gasteiger partial charge is 0.242 e. The number of aromatic nitrogens is 2. The quantitative estimate of drug-likeness (QED) is 0.162. The van der Waals surface area contributed by atoms with Gasteiger partial charge in [0.05, 0.1) is 28.0 Å². The molecule has 6 unspecified atom stereocenters. The van der Waals surface area contributed by atoms with Crippen LogP contribution in [0.3, 0.4) is 0 Å². The third-order valence-electron chi connectivity index (χ3n) is 11.6. The molecule has 6 atom stereocenters. The Balaban J connectivity index is 1.20. The number of hydrogen-bond donors (Lipinski definition) is 2. The van der Waals surface area contributed by atoms with Crippen LogP contribution >= 0.6 is 22.9 Å². The number of phenolic OH excluding ortho intramolecular Hbond substituents is 1. The number of hydrogen-bond acceptors (Lipinski definition) is 7. The molecule has 2 aliphatic carbocycles. The molecule has 0 radical (unpaired) electrons. The van der Waals surface area contributed by atoms with Crippen molar-refractivity contribution in [2.45, 2.75) is 32.6 Å². The van der Waals surface area contributed by atoms with E-state index in [1.54, 1.807) is 29.1 Å². The molecule has 5 aromatic rings. The van der Waals surface area contributed by atoms with Gasteiger partial charge >= 0.3 is 0 Å². The van der Waals surface area contributed by atoms with Crippen LogP contribution in [0.5, 0.6) is 5.75 Å². The lowest BCUT2D eigenvalue weighted by Crippen LogP contribution is -2.48. The second kappa shape index (κ2) is 10.4. The second-order valence-electron chi connectivity index (χ2n) is 13.9. The second-order valence-corrected chi connectivity index (χ2v) is 15.4. The molecule has 2 N–H and O–H groups in total. The summed E-state index contributed by atoms with van der Waals surface area (Å²) in [7, 11) is 1.72. The van der Waals surface area contributed by atoms with Crippen LogP contribution in [0.2, 0.25) is 5.02 Å². The summed E-state index contributed by atoms with van der Waals surface area (Å²) in [4.78, 5) is 57.9. The van der Waals surface area contributed by atoms with Gasteiger partial charge in [0.1, 0.15) is 17.3 Å². The van der Waals surface area contributed by atoms with Gasteiger partial charge in [-0.2, -0.15) is 5.10 Å². The van der Waals surface area contributed by atoms with Crippen LogP contribution in [0.25, 0.3) is 31.4 Å². The molecule has 4 amide bonds. The lowest BCUT2D eigenvalue weighted by atomic mass is 9.51. The lowest BCUT2D eigenvalue weighted by Gasteiger charge is -2.49. The Labute approximate surface area is 290 Å². The molecular formula is C38H31ClN4O5S. The molecular weight excluding hydrogens is 660 g/mol. The first-order valence-electron chi connectivity index (χ1n) is 16.4. The van der Waals surface area contributed by atoms with Crippen molar-refractivity contribution >= 4 is 73.2 Å². The highest BCUT2D eigenvalue weighted by Crippen LogP contribution is 2.64. The predicted molar refractivity (Wildman–Crippen MR) is 187 cm³/mol. The molecule has 4 heterocycles. The fourth-order valence-electron chi connectivity index (χ4n) is 9.21. The van der Waals surface area contributed by atoms with E-state index in [-0.39, 0.29) is 35.8 Å². The molecule has 49 heavy (non-hydrogen) atoms. The highest BCUT2D eigenvalue weighted by Gasteiger charge is 2.67. The number of thiophene rings is 1. The minimum atomic E-state index is -1.29. The summed E-state index contributed by atoms with van der Waals surface area (Å²) in [5.41, 5.74) is 1.70. The number of carbonyl (C=O) groups is 4. The molecule has 9 rings (SSSR count). The Bertz CT molecular complexity index is 2380. The van der Waals surface area contributed by atoms with Gasteiger partial charge in [0.15, 0.2) is 0 Å². The van der Waals surface area contributed by atoms with Gasteiger partial charge in [-0.25, -0.2) is 4.90 Å². The Hall–Kier alpha value is -4.80. The first kappa shape index (κ1) is 30.3. The molecule has 2 aromatic heterocycles. The van der Waals surface area contributed by atoms with Crippen molar-refractivity contribution < 1.29 is 24.3 Å². The van der Waals surface area contributed by atoms with E-state index in [9.17, 15) is 19.5 Å². The van der Waals surface area contributed by atoms with Gasteiger partial charge in [-0.15, -0.1) is 11.3 Å². The van der Waals surface area contributed by atoms with Crippen LogP contribution in [0.4, 0.5) is 5.82 Å². The maximum absolute atomic E-state index is 15.0. The molecule has 2 saturated heterocycles. The van der Waals surface area contributed by atoms with Gasteiger partial charge in [0, 0.05) is 39.7 Å². The van der Waals surface area contributed by atoms with Crippen LogP contribution in [-0.4, -0.2) is 38.5 Å². The molecule has 2 aliphatic heterocycles. The van der Waals surface area contributed by atoms with Crippen molar-refractivity contribution in [2.75, 3.05) is 4.90 Å². The van der Waals surface area contributed by atoms with E-state index in [2.05, 4.69) is 5.32 Å². The van der Waals surface area contributed by atoms with Crippen molar-refractivity contribution in [3.63, 3.8) is 0 Å². The molecule has 3 aromatic carbocycles. The van der Waals surface area contributed by atoms with E-state index in [1.807, 2.05) is 74.5 Å². The largest absolute Gasteiger partial charge is 0.507 e. The number of aryl methyl sites for hydroxylation is 2. The predicted octanol–water partition coefficient (Wildman–Crippen LogP) is 6.64. The highest BCUT2D eigenvalue weighted by atomic mass is 35.5. The Morgan fingerprint density at radius 1 is 1.00 bits per heavy atom. The average molecular weight is 691 g/mol. The van der Waals surface area contributed by atoms with E-state index in [0.717, 1.165) is 31.5 Å². The summed E-state index contributed by atoms with van der Waals surface area (Å²) in [5, 5.41) is 22.2. The topological polar surface area (TPSA) is 122 Å². The number of allylic oxidation sites excluding steroid dienone is 2. The molecule has 0 spiro atoms. The number of carbonyl (C=O) groups excluding carboxylic acids is 4. The molecule has 1 saturated carbocycles. The van der Waals surface area contributed by atoms with Crippen LogP contribution in [0.15, 0.2) is 72.3 Å². The van der Waals surface area contributed by atoms with E-state index in [1.165, 1.54) is 4.90 Å². The van der Waals surface area contributed by atoms with E-state index >= 15 is 4.79 Å². The standard InChI is InChI=1S/C38H31ClN4O5S/c1-17-24-14-19(39)9-13-28(24)49-33(17)27-16-29(42(3)41-27)43-36(47)26-15-25-21(11-12-22-30(25)35(46)40-34(22)45)31(38(26,2)37(43)48)23-10-8-18-6-4-5-7-20(18)32(23)44/h4-11,13-14,16,22,25-26,30-31,44H,12,15H2,1-3H3,(H,40,45,46). The monoisotopic (exact) mass is 690 g/mol. The Morgan fingerprint density at radius 2 is 1.80 bits per heavy atom. The van der Waals surface area contributed by atoms with Gasteiger partial charge in [0.25, 0.3) is 0 Å². The van der Waals surface area contributed by atoms with Crippen LogP contribution in [0, 0.1) is 36.0 Å². The lowest BCUT2D eigenvalue weighted by molar-refractivity contribution is -0.131. The third kappa shape index (κ3) is 4.01. The molecule has 3 fully saturated rings. The van der Waals surface area contributed by atoms with Gasteiger partial charge < -0.3 is 5.11 Å². The van der Waals surface area contributed by atoms with Crippen LogP contribution in [0.1, 0.15) is 36.8 Å². The zero-order chi connectivity index (χ0) is 34.1. The number of rotatable bonds is 3. The van der Waals surface area contributed by atoms with Crippen LogP contribution < -0.4 is 10.2 Å². The number of halogens is 1. The number of aromatic hydroxyl groups is 1. The van der Waals surface area contributed by atoms with Crippen molar-refractivity contribution in [1.82, 2.24) is 15.1 Å². The molecule has 11 heteroatoms. The summed E-state index contributed by atoms with van der Waals surface area (Å²) < 4.78 is 2.62. The summed E-state index contributed by atoms with van der Waals surface area (Å²) in [6.07, 6.45) is 2.55. The van der Waals surface area contributed by atoms with Crippen molar-refractivity contribution in [3.05, 3.63) is 88.5 Å². The van der Waals surface area contributed by atoms with E-state index < -0.39 is 35.0 Å². The minimum Gasteiger partial charge on any atom is -0.507 e. The summed E-state index contributed by atoms with van der Waals surface area (Å²) in [5.74, 6) is -4.18. The number of nitrogens with zero attached hydrogens (tertiary/aromatic N) is 3. The number of benzene rings is 3. The first-order chi connectivity index (χ1) is 23.5. The molecule has 0 bridgehead atoms. The zero-order valence-corrected chi connectivity index (χ0v) is 28.4. The average Bonchev–Trinajstić information content (AvgIpc) is 3.76. The van der Waals surface area contributed by atoms with Gasteiger partial charge in [-0.05, 0) is 67.1 Å². The van der Waals surface area contributed by atoms with Crippen molar-refractivity contribution in [2.24, 2.45) is 36.1 Å². The summed E-state index contributed by atoms with van der Waals surface area (Å²) in [6, 6.07) is 18.8. The normalized spacial score (nSPS) is 27.8. The van der Waals surface area contributed by atoms with Crippen molar-refractivity contribution in [1.29, 1.82) is 0 Å². The van der Waals surface area contributed by atoms with Gasteiger partial charge in [-0.3, -0.25) is 29.2 Å². The number of phenols is 1. The first-order valence-corrected chi connectivity index (χ1v) is 17.5. The number of imide groups is 2. The fraction of sp³-hybridized carbons (Fsp3) is 0.289. The number of fused-ring (bicyclic) bond motifs is 6. The SMILES string of the molecule is Cc1c(-c2cc(N3C(=O)C4CC5C(=CCC6C(=O)NC(=O)C65)C(c5ccc6ccccc6c5O)C4(C)C3=O)n(C)n2)sc2ccc(Cl)cc12. The fourth-order valence-corrected chi connectivity index (χ4v) is 10.5. The summed E-state index contributed by atoms with van der Waals surface area (Å²) >= 11 is 7.87. The highest BCUT2D eigenvalue weighted by molar-refractivity contribution is 7.22. The zero-order valence-electron chi connectivity index (χ0n) is 26.9. The minimum absolute atomic E-state index is 0.0422. The maximum Gasteiger partial charge on any atom is 0.242 e. The third-order valence-corrected chi connectivity index (χ3v) is 13.1. The van der Waals surface area contributed by atoms with Gasteiger partial charge in [0.2, 0.25) is 23.6 Å². The summed E-state index contributed by atoms with van der Waals surface area (Å²) in [6.45, 7) is 3.82. The van der Waals surface area contributed by atoms with Gasteiger partial charge in [-0.1, -0.05) is 59.6 Å². The Kier molecular flexibility index (Phi) is 6.40. The Morgan fingerprint density at radius 3 is 2.61 bits per heavy atom. The molecule has 9 nitrogen and oxygen atoms in total. The number of amides is 4. The number of anilines is 1. The number of nitrogens with one attached hydrogen (secondary N) is 1. The maximum atomic E-state index is 15.0. The van der Waals surface area contributed by atoms with Crippen molar-refractivity contribution in [3.8, 4) is 16.3 Å².